The highest BCUT2D eigenvalue weighted by Gasteiger charge is 2.29. The second-order valence-corrected chi connectivity index (χ2v) is 5.73. The first kappa shape index (κ1) is 11.4. The molecular formula is C14H19ClN2. The maximum absolute atomic E-state index is 6.28. The van der Waals surface area contributed by atoms with Gasteiger partial charge < -0.3 is 10.2 Å². The Bertz CT molecular complexity index is 415. The van der Waals surface area contributed by atoms with Crippen molar-refractivity contribution in [1.82, 2.24) is 5.32 Å². The summed E-state index contributed by atoms with van der Waals surface area (Å²) in [6, 6.07) is 7.73. The van der Waals surface area contributed by atoms with Crippen LogP contribution in [-0.2, 0) is 0 Å². The van der Waals surface area contributed by atoms with Crippen LogP contribution in [0.15, 0.2) is 18.2 Å². The molecule has 2 aliphatic rings. The molecule has 1 aromatic carbocycles. The Labute approximate surface area is 108 Å². The second kappa shape index (κ2) is 4.51. The average Bonchev–Trinajstić information content (AvgIpc) is 2.99. The molecule has 3 rings (SSSR count). The lowest BCUT2D eigenvalue weighted by Gasteiger charge is -2.21. The quantitative estimate of drug-likeness (QED) is 0.887. The predicted octanol–water partition coefficient (Wildman–Crippen LogP) is 2.98. The minimum Gasteiger partial charge on any atom is -0.369 e. The van der Waals surface area contributed by atoms with Crippen molar-refractivity contribution in [3.05, 3.63) is 28.8 Å². The van der Waals surface area contributed by atoms with Gasteiger partial charge >= 0.3 is 0 Å². The molecule has 0 bridgehead atoms. The molecule has 1 saturated carbocycles. The van der Waals surface area contributed by atoms with E-state index in [1.165, 1.54) is 30.5 Å². The maximum atomic E-state index is 6.28. The van der Waals surface area contributed by atoms with Gasteiger partial charge in [-0.1, -0.05) is 17.7 Å². The second-order valence-electron chi connectivity index (χ2n) is 5.33. The molecule has 1 unspecified atom stereocenters. The molecule has 1 heterocycles. The number of hydrogen-bond donors (Lipinski definition) is 1. The third-order valence-corrected chi connectivity index (χ3v) is 4.00. The molecule has 0 amide bonds. The average molecular weight is 251 g/mol. The van der Waals surface area contributed by atoms with Crippen LogP contribution in [0, 0.1) is 6.92 Å². The number of halogens is 1. The van der Waals surface area contributed by atoms with Gasteiger partial charge in [-0.15, -0.1) is 0 Å². The van der Waals surface area contributed by atoms with E-state index >= 15 is 0 Å². The Hall–Kier alpha value is -0.730. The van der Waals surface area contributed by atoms with Gasteiger partial charge in [0.2, 0.25) is 0 Å². The largest absolute Gasteiger partial charge is 0.369 e. The van der Waals surface area contributed by atoms with E-state index in [1.807, 2.05) is 6.07 Å². The van der Waals surface area contributed by atoms with Gasteiger partial charge in [-0.25, -0.2) is 0 Å². The van der Waals surface area contributed by atoms with Gasteiger partial charge in [-0.2, -0.15) is 0 Å². The highest BCUT2D eigenvalue weighted by atomic mass is 35.5. The van der Waals surface area contributed by atoms with Crippen LogP contribution in [0.4, 0.5) is 5.69 Å². The standard InChI is InChI=1S/C14H19ClN2/c1-10-2-5-13(15)14(8-10)17-7-6-12(9-17)16-11-3-4-11/h2,5,8,11-12,16H,3-4,6-7,9H2,1H3. The van der Waals surface area contributed by atoms with Crippen molar-refractivity contribution in [2.45, 2.75) is 38.3 Å². The summed E-state index contributed by atoms with van der Waals surface area (Å²) in [7, 11) is 0. The molecule has 0 spiro atoms. The number of aryl methyl sites for hydroxylation is 1. The third kappa shape index (κ3) is 2.58. The summed E-state index contributed by atoms with van der Waals surface area (Å²) in [5.74, 6) is 0. The molecule has 1 N–H and O–H groups in total. The molecule has 2 fully saturated rings. The first-order valence-electron chi connectivity index (χ1n) is 6.49. The predicted molar refractivity (Wildman–Crippen MR) is 73.0 cm³/mol. The van der Waals surface area contributed by atoms with Crippen LogP contribution < -0.4 is 10.2 Å². The van der Waals surface area contributed by atoms with Crippen molar-refractivity contribution in [3.63, 3.8) is 0 Å². The van der Waals surface area contributed by atoms with Crippen molar-refractivity contribution in [2.24, 2.45) is 0 Å². The van der Waals surface area contributed by atoms with Gasteiger partial charge in [0.15, 0.2) is 0 Å². The lowest BCUT2D eigenvalue weighted by Crippen LogP contribution is -2.34. The summed E-state index contributed by atoms with van der Waals surface area (Å²) >= 11 is 6.28. The highest BCUT2D eigenvalue weighted by Crippen LogP contribution is 2.30. The zero-order valence-electron chi connectivity index (χ0n) is 10.2. The number of rotatable bonds is 3. The highest BCUT2D eigenvalue weighted by molar-refractivity contribution is 6.33. The van der Waals surface area contributed by atoms with E-state index in [4.69, 9.17) is 11.6 Å². The van der Waals surface area contributed by atoms with E-state index in [0.29, 0.717) is 6.04 Å². The lowest BCUT2D eigenvalue weighted by molar-refractivity contribution is 0.548. The van der Waals surface area contributed by atoms with Gasteiger partial charge in [-0.3, -0.25) is 0 Å². The topological polar surface area (TPSA) is 15.3 Å². The summed E-state index contributed by atoms with van der Waals surface area (Å²) in [5, 5.41) is 4.58. The smallest absolute Gasteiger partial charge is 0.0639 e. The van der Waals surface area contributed by atoms with E-state index < -0.39 is 0 Å². The first-order valence-corrected chi connectivity index (χ1v) is 6.87. The first-order chi connectivity index (χ1) is 8.22. The molecular weight excluding hydrogens is 232 g/mol. The molecule has 1 aromatic rings. The number of benzene rings is 1. The van der Waals surface area contributed by atoms with Gasteiger partial charge in [0.1, 0.15) is 0 Å². The van der Waals surface area contributed by atoms with Crippen molar-refractivity contribution in [3.8, 4) is 0 Å². The summed E-state index contributed by atoms with van der Waals surface area (Å²) < 4.78 is 0. The van der Waals surface area contributed by atoms with E-state index in [2.05, 4.69) is 29.3 Å². The normalized spacial score (nSPS) is 24.4. The third-order valence-electron chi connectivity index (χ3n) is 3.68. The van der Waals surface area contributed by atoms with E-state index in [9.17, 15) is 0 Å². The maximum Gasteiger partial charge on any atom is 0.0639 e. The fourth-order valence-corrected chi connectivity index (χ4v) is 2.80. The summed E-state index contributed by atoms with van der Waals surface area (Å²) in [6.07, 6.45) is 3.96. The van der Waals surface area contributed by atoms with E-state index in [-0.39, 0.29) is 0 Å². The Balaban J connectivity index is 1.69. The summed E-state index contributed by atoms with van der Waals surface area (Å²) in [6.45, 7) is 4.34. The van der Waals surface area contributed by atoms with Crippen LogP contribution >= 0.6 is 11.6 Å². The molecule has 92 valence electrons. The Morgan fingerprint density at radius 2 is 2.06 bits per heavy atom. The van der Waals surface area contributed by atoms with Crippen molar-refractivity contribution >= 4 is 17.3 Å². The van der Waals surface area contributed by atoms with Gasteiger partial charge in [0, 0.05) is 25.2 Å². The Morgan fingerprint density at radius 1 is 1.24 bits per heavy atom. The molecule has 0 radical (unpaired) electrons. The molecule has 17 heavy (non-hydrogen) atoms. The minimum absolute atomic E-state index is 0.652. The Kier molecular flexibility index (Phi) is 3.01. The molecule has 2 nitrogen and oxygen atoms in total. The molecule has 1 atom stereocenters. The number of hydrogen-bond acceptors (Lipinski definition) is 2. The van der Waals surface area contributed by atoms with Crippen molar-refractivity contribution in [1.29, 1.82) is 0 Å². The molecule has 1 saturated heterocycles. The van der Waals surface area contributed by atoms with Crippen molar-refractivity contribution in [2.75, 3.05) is 18.0 Å². The van der Waals surface area contributed by atoms with Crippen molar-refractivity contribution < 1.29 is 0 Å². The van der Waals surface area contributed by atoms with Gasteiger partial charge in [0.05, 0.1) is 10.7 Å². The zero-order chi connectivity index (χ0) is 11.8. The van der Waals surface area contributed by atoms with E-state index in [0.717, 1.165) is 24.2 Å². The number of anilines is 1. The van der Waals surface area contributed by atoms with Crippen LogP contribution in [0.3, 0.4) is 0 Å². The van der Waals surface area contributed by atoms with Crippen LogP contribution in [-0.4, -0.2) is 25.2 Å². The fraction of sp³-hybridized carbons (Fsp3) is 0.571. The Morgan fingerprint density at radius 3 is 2.82 bits per heavy atom. The molecule has 3 heteroatoms. The summed E-state index contributed by atoms with van der Waals surface area (Å²) in [5.41, 5.74) is 2.48. The zero-order valence-corrected chi connectivity index (χ0v) is 11.0. The molecule has 1 aliphatic carbocycles. The van der Waals surface area contributed by atoms with Gasteiger partial charge in [0.25, 0.3) is 0 Å². The van der Waals surface area contributed by atoms with Crippen LogP contribution in [0.2, 0.25) is 5.02 Å². The lowest BCUT2D eigenvalue weighted by atomic mass is 10.2. The van der Waals surface area contributed by atoms with E-state index in [1.54, 1.807) is 0 Å². The number of nitrogens with one attached hydrogen (secondary N) is 1. The van der Waals surface area contributed by atoms with Crippen LogP contribution in [0.5, 0.6) is 0 Å². The van der Waals surface area contributed by atoms with Gasteiger partial charge in [-0.05, 0) is 43.9 Å². The molecule has 1 aliphatic heterocycles. The van der Waals surface area contributed by atoms with Crippen LogP contribution in [0.25, 0.3) is 0 Å². The molecule has 0 aromatic heterocycles. The fourth-order valence-electron chi connectivity index (χ4n) is 2.56. The SMILES string of the molecule is Cc1ccc(Cl)c(N2CCC(NC3CC3)C2)c1. The minimum atomic E-state index is 0.652. The number of nitrogens with zero attached hydrogens (tertiary/aromatic N) is 1. The van der Waals surface area contributed by atoms with Crippen LogP contribution in [0.1, 0.15) is 24.8 Å². The monoisotopic (exact) mass is 250 g/mol. The summed E-state index contributed by atoms with van der Waals surface area (Å²) in [4.78, 5) is 2.41.